The highest BCUT2D eigenvalue weighted by molar-refractivity contribution is 5.47. The fourth-order valence-corrected chi connectivity index (χ4v) is 1.40. The third-order valence-corrected chi connectivity index (χ3v) is 2.10. The van der Waals surface area contributed by atoms with E-state index in [-0.39, 0.29) is 6.42 Å². The van der Waals surface area contributed by atoms with Gasteiger partial charge in [0, 0.05) is 12.0 Å². The van der Waals surface area contributed by atoms with Gasteiger partial charge in [-0.2, -0.15) is 0 Å². The summed E-state index contributed by atoms with van der Waals surface area (Å²) in [4.78, 5) is 0. The summed E-state index contributed by atoms with van der Waals surface area (Å²) in [5.74, 6) is 3.53. The number of rotatable bonds is 4. The van der Waals surface area contributed by atoms with Gasteiger partial charge in [0.1, 0.15) is 0 Å². The van der Waals surface area contributed by atoms with Crippen molar-refractivity contribution < 1.29 is 14.6 Å². The molecule has 0 aliphatic carbocycles. The van der Waals surface area contributed by atoms with Gasteiger partial charge in [-0.25, -0.2) is 0 Å². The minimum atomic E-state index is -0.722. The minimum absolute atomic E-state index is 0.253. The Labute approximate surface area is 89.6 Å². The normalized spacial score (nSPS) is 11.6. The standard InChI is InChI=1S/C12H14O3/c1-4-6-10(13)9-7-5-8-11(14-2)12(9)15-3/h1,5,7-8,10,13H,6H2,2-3H3. The van der Waals surface area contributed by atoms with E-state index in [9.17, 15) is 5.11 Å². The van der Waals surface area contributed by atoms with Crippen LogP contribution in [0.2, 0.25) is 0 Å². The molecule has 1 unspecified atom stereocenters. The summed E-state index contributed by atoms with van der Waals surface area (Å²) in [7, 11) is 3.08. The number of hydrogen-bond acceptors (Lipinski definition) is 3. The largest absolute Gasteiger partial charge is 0.493 e. The number of aliphatic hydroxyl groups excluding tert-OH is 1. The second-order valence-corrected chi connectivity index (χ2v) is 3.01. The van der Waals surface area contributed by atoms with Crippen molar-refractivity contribution in [3.63, 3.8) is 0 Å². The molecule has 0 saturated heterocycles. The number of hydrogen-bond donors (Lipinski definition) is 1. The van der Waals surface area contributed by atoms with E-state index in [1.54, 1.807) is 25.3 Å². The van der Waals surface area contributed by atoms with Crippen LogP contribution in [0.3, 0.4) is 0 Å². The van der Waals surface area contributed by atoms with Crippen molar-refractivity contribution in [2.45, 2.75) is 12.5 Å². The molecule has 0 spiro atoms. The lowest BCUT2D eigenvalue weighted by Gasteiger charge is -2.15. The van der Waals surface area contributed by atoms with Crippen LogP contribution in [0, 0.1) is 12.3 Å². The first-order valence-electron chi connectivity index (χ1n) is 4.57. The first-order valence-corrected chi connectivity index (χ1v) is 4.57. The number of benzene rings is 1. The molecule has 1 aromatic carbocycles. The van der Waals surface area contributed by atoms with Crippen LogP contribution in [0.5, 0.6) is 11.5 Å². The molecular formula is C12H14O3. The van der Waals surface area contributed by atoms with E-state index in [0.717, 1.165) is 0 Å². The summed E-state index contributed by atoms with van der Waals surface area (Å²) >= 11 is 0. The maximum Gasteiger partial charge on any atom is 0.166 e. The Morgan fingerprint density at radius 1 is 1.40 bits per heavy atom. The molecule has 0 amide bonds. The van der Waals surface area contributed by atoms with Crippen LogP contribution in [0.25, 0.3) is 0 Å². The van der Waals surface area contributed by atoms with Crippen molar-refractivity contribution in [3.8, 4) is 23.8 Å². The van der Waals surface area contributed by atoms with E-state index >= 15 is 0 Å². The number of methoxy groups -OCH3 is 2. The summed E-state index contributed by atoms with van der Waals surface area (Å²) in [6.45, 7) is 0. The van der Waals surface area contributed by atoms with E-state index in [1.807, 2.05) is 0 Å². The predicted octanol–water partition coefficient (Wildman–Crippen LogP) is 1.76. The van der Waals surface area contributed by atoms with Gasteiger partial charge in [0.25, 0.3) is 0 Å². The van der Waals surface area contributed by atoms with Crippen LogP contribution in [0.4, 0.5) is 0 Å². The maximum atomic E-state index is 9.77. The first kappa shape index (κ1) is 11.4. The Bertz CT molecular complexity index is 366. The third-order valence-electron chi connectivity index (χ3n) is 2.10. The smallest absolute Gasteiger partial charge is 0.166 e. The number of ether oxygens (including phenoxy) is 2. The zero-order valence-corrected chi connectivity index (χ0v) is 8.86. The Balaban J connectivity index is 3.12. The zero-order valence-electron chi connectivity index (χ0n) is 8.86. The Hall–Kier alpha value is -1.66. The molecule has 0 saturated carbocycles. The van der Waals surface area contributed by atoms with Gasteiger partial charge in [-0.05, 0) is 6.07 Å². The summed E-state index contributed by atoms with van der Waals surface area (Å²) in [5, 5.41) is 9.77. The minimum Gasteiger partial charge on any atom is -0.493 e. The molecule has 1 aromatic rings. The van der Waals surface area contributed by atoms with Gasteiger partial charge in [0.2, 0.25) is 0 Å². The molecule has 3 nitrogen and oxygen atoms in total. The third kappa shape index (κ3) is 2.42. The van der Waals surface area contributed by atoms with Crippen molar-refractivity contribution in [2.75, 3.05) is 14.2 Å². The van der Waals surface area contributed by atoms with Crippen LogP contribution >= 0.6 is 0 Å². The lowest BCUT2D eigenvalue weighted by atomic mass is 10.1. The van der Waals surface area contributed by atoms with Crippen LogP contribution in [0.15, 0.2) is 18.2 Å². The molecular weight excluding hydrogens is 192 g/mol. The quantitative estimate of drug-likeness (QED) is 0.763. The highest BCUT2D eigenvalue weighted by Gasteiger charge is 2.15. The van der Waals surface area contributed by atoms with Crippen LogP contribution in [-0.4, -0.2) is 19.3 Å². The van der Waals surface area contributed by atoms with Crippen LogP contribution in [0.1, 0.15) is 18.1 Å². The lowest BCUT2D eigenvalue weighted by Crippen LogP contribution is -2.01. The molecule has 15 heavy (non-hydrogen) atoms. The van der Waals surface area contributed by atoms with Gasteiger partial charge in [-0.3, -0.25) is 0 Å². The van der Waals surface area contributed by atoms with Crippen molar-refractivity contribution >= 4 is 0 Å². The van der Waals surface area contributed by atoms with Gasteiger partial charge < -0.3 is 14.6 Å². The number of aliphatic hydroxyl groups is 1. The van der Waals surface area contributed by atoms with Crippen LogP contribution < -0.4 is 9.47 Å². The van der Waals surface area contributed by atoms with E-state index in [4.69, 9.17) is 15.9 Å². The molecule has 0 radical (unpaired) electrons. The van der Waals surface area contributed by atoms with Crippen molar-refractivity contribution in [1.82, 2.24) is 0 Å². The molecule has 1 rings (SSSR count). The average molecular weight is 206 g/mol. The van der Waals surface area contributed by atoms with Gasteiger partial charge in [-0.1, -0.05) is 12.1 Å². The molecule has 0 fully saturated rings. The molecule has 0 heterocycles. The Morgan fingerprint density at radius 3 is 2.67 bits per heavy atom. The molecule has 1 N–H and O–H groups in total. The SMILES string of the molecule is C#CCC(O)c1cccc(OC)c1OC. The van der Waals surface area contributed by atoms with E-state index in [1.165, 1.54) is 7.11 Å². The molecule has 1 atom stereocenters. The number of terminal acetylenes is 1. The maximum absolute atomic E-state index is 9.77. The predicted molar refractivity (Wildman–Crippen MR) is 58.0 cm³/mol. The molecule has 0 aromatic heterocycles. The highest BCUT2D eigenvalue weighted by atomic mass is 16.5. The number of para-hydroxylation sites is 1. The van der Waals surface area contributed by atoms with Crippen molar-refractivity contribution in [2.24, 2.45) is 0 Å². The Morgan fingerprint density at radius 2 is 2.13 bits per heavy atom. The van der Waals surface area contributed by atoms with E-state index in [2.05, 4.69) is 5.92 Å². The monoisotopic (exact) mass is 206 g/mol. The van der Waals surface area contributed by atoms with Crippen LogP contribution in [-0.2, 0) is 0 Å². The molecule has 0 aliphatic heterocycles. The fraction of sp³-hybridized carbons (Fsp3) is 0.333. The van der Waals surface area contributed by atoms with Crippen molar-refractivity contribution in [3.05, 3.63) is 23.8 Å². The highest BCUT2D eigenvalue weighted by Crippen LogP contribution is 2.35. The summed E-state index contributed by atoms with van der Waals surface area (Å²) in [6.07, 6.45) is 4.68. The zero-order chi connectivity index (χ0) is 11.3. The second-order valence-electron chi connectivity index (χ2n) is 3.01. The summed E-state index contributed by atoms with van der Waals surface area (Å²) < 4.78 is 10.3. The summed E-state index contributed by atoms with van der Waals surface area (Å²) in [6, 6.07) is 5.32. The fourth-order valence-electron chi connectivity index (χ4n) is 1.40. The molecule has 3 heteroatoms. The van der Waals surface area contributed by atoms with Gasteiger partial charge >= 0.3 is 0 Å². The van der Waals surface area contributed by atoms with Gasteiger partial charge in [-0.15, -0.1) is 12.3 Å². The van der Waals surface area contributed by atoms with E-state index in [0.29, 0.717) is 17.1 Å². The molecule has 80 valence electrons. The average Bonchev–Trinajstić information content (AvgIpc) is 2.28. The summed E-state index contributed by atoms with van der Waals surface area (Å²) in [5.41, 5.74) is 0.648. The van der Waals surface area contributed by atoms with E-state index < -0.39 is 6.10 Å². The van der Waals surface area contributed by atoms with Gasteiger partial charge in [0.15, 0.2) is 11.5 Å². The molecule has 0 aliphatic rings. The first-order chi connectivity index (χ1) is 7.24. The van der Waals surface area contributed by atoms with Gasteiger partial charge in [0.05, 0.1) is 20.3 Å². The Kier molecular flexibility index (Phi) is 4.02. The second kappa shape index (κ2) is 5.28. The molecule has 0 bridgehead atoms. The van der Waals surface area contributed by atoms with Crippen molar-refractivity contribution in [1.29, 1.82) is 0 Å². The topological polar surface area (TPSA) is 38.7 Å². The lowest BCUT2D eigenvalue weighted by molar-refractivity contribution is 0.178.